The van der Waals surface area contributed by atoms with Gasteiger partial charge in [0.1, 0.15) is 12.1 Å². The Bertz CT molecular complexity index is 514. The Balaban J connectivity index is 2.41. The van der Waals surface area contributed by atoms with Gasteiger partial charge in [-0.3, -0.25) is 0 Å². The van der Waals surface area contributed by atoms with E-state index in [9.17, 15) is 18.0 Å². The molecule has 0 aliphatic carbocycles. The fraction of sp³-hybridized carbons (Fsp3) is 0.429. The molecule has 1 unspecified atom stereocenters. The number of aldehydes is 1. The number of pyridine rings is 1. The number of aromatic nitrogens is 1. The van der Waals surface area contributed by atoms with Gasteiger partial charge in [0.2, 0.25) is 0 Å². The molecule has 0 amide bonds. The highest BCUT2D eigenvalue weighted by Crippen LogP contribution is 2.33. The van der Waals surface area contributed by atoms with Gasteiger partial charge < -0.3 is 9.69 Å². The molecule has 108 valence electrons. The molecule has 0 aromatic carbocycles. The van der Waals surface area contributed by atoms with E-state index in [4.69, 9.17) is 0 Å². The lowest BCUT2D eigenvalue weighted by molar-refractivity contribution is -0.137. The van der Waals surface area contributed by atoms with Gasteiger partial charge in [-0.25, -0.2) is 4.98 Å². The summed E-state index contributed by atoms with van der Waals surface area (Å²) in [6.07, 6.45) is 1.06. The molecule has 2 heterocycles. The van der Waals surface area contributed by atoms with Crippen molar-refractivity contribution >= 4 is 18.2 Å². The van der Waals surface area contributed by atoms with E-state index in [1.807, 2.05) is 0 Å². The minimum absolute atomic E-state index is 0.300. The molecule has 0 saturated carbocycles. The molecule has 1 aromatic rings. The first-order chi connectivity index (χ1) is 9.47. The molecule has 20 heavy (non-hydrogen) atoms. The number of piperidine rings is 1. The topological polar surface area (TPSA) is 33.2 Å². The fourth-order valence-corrected chi connectivity index (χ4v) is 2.38. The van der Waals surface area contributed by atoms with Gasteiger partial charge in [0.05, 0.1) is 11.6 Å². The van der Waals surface area contributed by atoms with Gasteiger partial charge in [-0.2, -0.15) is 13.2 Å². The molecule has 1 atom stereocenters. The Morgan fingerprint density at radius 1 is 1.40 bits per heavy atom. The summed E-state index contributed by atoms with van der Waals surface area (Å²) >= 11 is 0. The van der Waals surface area contributed by atoms with Crippen molar-refractivity contribution in [2.24, 2.45) is 0 Å². The lowest BCUT2D eigenvalue weighted by Crippen LogP contribution is -2.41. The van der Waals surface area contributed by atoms with E-state index in [0.717, 1.165) is 31.4 Å². The maximum Gasteiger partial charge on any atom is 0.417 e. The molecule has 0 N–H and O–H groups in total. The van der Waals surface area contributed by atoms with Crippen molar-refractivity contribution in [1.29, 1.82) is 0 Å². The van der Waals surface area contributed by atoms with Gasteiger partial charge in [0.15, 0.2) is 0 Å². The number of anilines is 1. The number of nitrogens with zero attached hydrogens (tertiary/aromatic N) is 2. The molecule has 0 radical (unpaired) electrons. The van der Waals surface area contributed by atoms with Gasteiger partial charge in [0.25, 0.3) is 0 Å². The molecule has 1 aliphatic heterocycles. The standard InChI is InChI=1S/C14H15F3N2O/c1-2-10-7-11(14(15,16)17)8-18-13(10)19-6-4-3-5-12(19)9-20/h2,7-9,12H,1,3-6H2. The molecular weight excluding hydrogens is 269 g/mol. The van der Waals surface area contributed by atoms with Crippen molar-refractivity contribution in [2.75, 3.05) is 11.4 Å². The van der Waals surface area contributed by atoms with Crippen molar-refractivity contribution in [1.82, 2.24) is 4.98 Å². The van der Waals surface area contributed by atoms with Gasteiger partial charge in [0, 0.05) is 18.3 Å². The average Bonchev–Trinajstić information content (AvgIpc) is 2.45. The highest BCUT2D eigenvalue weighted by Gasteiger charge is 2.32. The molecule has 0 spiro atoms. The molecule has 1 fully saturated rings. The number of rotatable bonds is 3. The predicted molar refractivity (Wildman–Crippen MR) is 70.4 cm³/mol. The normalized spacial score (nSPS) is 19.8. The third-order valence-corrected chi connectivity index (χ3v) is 3.42. The number of carbonyl (C=O) groups is 1. The van der Waals surface area contributed by atoms with Crippen LogP contribution in [0, 0.1) is 0 Å². The average molecular weight is 284 g/mol. The second kappa shape index (κ2) is 5.64. The van der Waals surface area contributed by atoms with Gasteiger partial charge in [-0.05, 0) is 25.3 Å². The van der Waals surface area contributed by atoms with Crippen LogP contribution in [-0.2, 0) is 11.0 Å². The molecule has 3 nitrogen and oxygen atoms in total. The summed E-state index contributed by atoms with van der Waals surface area (Å²) in [5, 5.41) is 0. The largest absolute Gasteiger partial charge is 0.417 e. The van der Waals surface area contributed by atoms with Crippen LogP contribution in [0.5, 0.6) is 0 Å². The summed E-state index contributed by atoms with van der Waals surface area (Å²) in [5.41, 5.74) is -0.510. The van der Waals surface area contributed by atoms with E-state index >= 15 is 0 Å². The van der Waals surface area contributed by atoms with Crippen LogP contribution in [0.15, 0.2) is 18.8 Å². The summed E-state index contributed by atoms with van der Waals surface area (Å²) in [4.78, 5) is 16.8. The van der Waals surface area contributed by atoms with Crippen LogP contribution in [0.4, 0.5) is 19.0 Å². The van der Waals surface area contributed by atoms with Crippen molar-refractivity contribution < 1.29 is 18.0 Å². The van der Waals surface area contributed by atoms with E-state index < -0.39 is 11.7 Å². The predicted octanol–water partition coefficient (Wildman–Crippen LogP) is 3.30. The van der Waals surface area contributed by atoms with E-state index in [1.165, 1.54) is 6.08 Å². The molecule has 1 saturated heterocycles. The van der Waals surface area contributed by atoms with Crippen LogP contribution < -0.4 is 4.90 Å². The van der Waals surface area contributed by atoms with E-state index in [-0.39, 0.29) is 6.04 Å². The first-order valence-corrected chi connectivity index (χ1v) is 6.39. The monoisotopic (exact) mass is 284 g/mol. The zero-order valence-electron chi connectivity index (χ0n) is 10.9. The van der Waals surface area contributed by atoms with Gasteiger partial charge in [-0.1, -0.05) is 12.7 Å². The molecular formula is C14H15F3N2O. The maximum absolute atomic E-state index is 12.7. The number of carbonyl (C=O) groups excluding carboxylic acids is 1. The lowest BCUT2D eigenvalue weighted by atomic mass is 10.0. The Hall–Kier alpha value is -1.85. The van der Waals surface area contributed by atoms with Crippen LogP contribution >= 0.6 is 0 Å². The Morgan fingerprint density at radius 3 is 2.75 bits per heavy atom. The van der Waals surface area contributed by atoms with Crippen molar-refractivity contribution in [3.63, 3.8) is 0 Å². The maximum atomic E-state index is 12.7. The van der Waals surface area contributed by atoms with Gasteiger partial charge >= 0.3 is 6.18 Å². The second-order valence-electron chi connectivity index (χ2n) is 4.73. The Kier molecular flexibility index (Phi) is 4.11. The zero-order valence-corrected chi connectivity index (χ0v) is 10.9. The van der Waals surface area contributed by atoms with Crippen molar-refractivity contribution in [3.8, 4) is 0 Å². The van der Waals surface area contributed by atoms with Crippen LogP contribution in [0.2, 0.25) is 0 Å². The van der Waals surface area contributed by atoms with E-state index in [2.05, 4.69) is 11.6 Å². The van der Waals surface area contributed by atoms with Crippen LogP contribution in [0.25, 0.3) is 6.08 Å². The SMILES string of the molecule is C=Cc1cc(C(F)(F)F)cnc1N1CCCCC1C=O. The minimum atomic E-state index is -4.44. The van der Waals surface area contributed by atoms with E-state index in [0.29, 0.717) is 24.3 Å². The number of hydrogen-bond acceptors (Lipinski definition) is 3. The number of alkyl halides is 3. The summed E-state index contributed by atoms with van der Waals surface area (Å²) in [5.74, 6) is 0.393. The fourth-order valence-electron chi connectivity index (χ4n) is 2.38. The first-order valence-electron chi connectivity index (χ1n) is 6.39. The highest BCUT2D eigenvalue weighted by molar-refractivity contribution is 5.71. The quantitative estimate of drug-likeness (QED) is 0.798. The second-order valence-corrected chi connectivity index (χ2v) is 4.73. The smallest absolute Gasteiger partial charge is 0.346 e. The van der Waals surface area contributed by atoms with Gasteiger partial charge in [-0.15, -0.1) is 0 Å². The molecule has 6 heteroatoms. The molecule has 1 aliphatic rings. The highest BCUT2D eigenvalue weighted by atomic mass is 19.4. The van der Waals surface area contributed by atoms with Crippen molar-refractivity contribution in [2.45, 2.75) is 31.5 Å². The van der Waals surface area contributed by atoms with E-state index in [1.54, 1.807) is 4.90 Å². The summed E-state index contributed by atoms with van der Waals surface area (Å²) in [6, 6.07) is 0.693. The summed E-state index contributed by atoms with van der Waals surface area (Å²) in [7, 11) is 0. The summed E-state index contributed by atoms with van der Waals surface area (Å²) in [6.45, 7) is 4.15. The molecule has 2 rings (SSSR count). The number of hydrogen-bond donors (Lipinski definition) is 0. The third kappa shape index (κ3) is 2.84. The van der Waals surface area contributed by atoms with Crippen LogP contribution in [0.3, 0.4) is 0 Å². The van der Waals surface area contributed by atoms with Crippen LogP contribution in [-0.4, -0.2) is 23.9 Å². The zero-order chi connectivity index (χ0) is 14.8. The minimum Gasteiger partial charge on any atom is -0.346 e. The molecule has 0 bridgehead atoms. The Morgan fingerprint density at radius 2 is 2.15 bits per heavy atom. The van der Waals surface area contributed by atoms with Crippen molar-refractivity contribution in [3.05, 3.63) is 30.0 Å². The number of halogens is 3. The van der Waals surface area contributed by atoms with Crippen LogP contribution in [0.1, 0.15) is 30.4 Å². The summed E-state index contributed by atoms with van der Waals surface area (Å²) < 4.78 is 38.0. The third-order valence-electron chi connectivity index (χ3n) is 3.42. The Labute approximate surface area is 115 Å². The first kappa shape index (κ1) is 14.6. The molecule has 1 aromatic heterocycles. The lowest BCUT2D eigenvalue weighted by Gasteiger charge is -2.34.